The number of aryl methyl sites for hydroxylation is 2. The third-order valence-corrected chi connectivity index (χ3v) is 5.64. The van der Waals surface area contributed by atoms with E-state index in [1.54, 1.807) is 24.3 Å². The molecule has 0 bridgehead atoms. The van der Waals surface area contributed by atoms with E-state index in [0.29, 0.717) is 0 Å². The van der Waals surface area contributed by atoms with E-state index >= 15 is 0 Å². The van der Waals surface area contributed by atoms with Gasteiger partial charge in [0.05, 0.1) is 10.6 Å². The summed E-state index contributed by atoms with van der Waals surface area (Å²) in [5, 5.41) is 0. The molecule has 0 aliphatic heterocycles. The first kappa shape index (κ1) is 16.2. The van der Waals surface area contributed by atoms with Crippen LogP contribution in [0.2, 0.25) is 0 Å². The Labute approximate surface area is 134 Å². The number of halogens is 1. The van der Waals surface area contributed by atoms with Crippen LogP contribution in [0.4, 0.5) is 0 Å². The quantitative estimate of drug-likeness (QED) is 0.898. The van der Waals surface area contributed by atoms with Crippen molar-refractivity contribution in [3.63, 3.8) is 0 Å². The van der Waals surface area contributed by atoms with E-state index in [-0.39, 0.29) is 10.6 Å². The van der Waals surface area contributed by atoms with Gasteiger partial charge in [0.2, 0.25) is 0 Å². The largest absolute Gasteiger partial charge is 0.323 e. The Morgan fingerprint density at radius 3 is 2.48 bits per heavy atom. The lowest BCUT2D eigenvalue weighted by atomic mass is 10.0. The highest BCUT2D eigenvalue weighted by Crippen LogP contribution is 2.23. The molecule has 0 saturated carbocycles. The molecule has 2 aromatic carbocycles. The highest BCUT2D eigenvalue weighted by Gasteiger charge is 2.21. The summed E-state index contributed by atoms with van der Waals surface area (Å²) in [6, 6.07) is 12.0. The first-order valence-electron chi connectivity index (χ1n) is 6.60. The molecule has 0 aliphatic carbocycles. The molecule has 112 valence electrons. The Balaban J connectivity index is 2.28. The van der Waals surface area contributed by atoms with Crippen molar-refractivity contribution in [2.75, 3.05) is 5.75 Å². The van der Waals surface area contributed by atoms with Crippen molar-refractivity contribution in [1.82, 2.24) is 0 Å². The summed E-state index contributed by atoms with van der Waals surface area (Å²) in [5.74, 6) is -0.104. The van der Waals surface area contributed by atoms with E-state index < -0.39 is 15.9 Å². The number of hydrogen-bond donors (Lipinski definition) is 1. The van der Waals surface area contributed by atoms with Gasteiger partial charge in [-0.3, -0.25) is 0 Å². The molecular formula is C16H18BrNO2S. The average Bonchev–Trinajstić information content (AvgIpc) is 2.37. The number of benzene rings is 2. The van der Waals surface area contributed by atoms with Gasteiger partial charge in [-0.1, -0.05) is 45.8 Å². The molecule has 1 unspecified atom stereocenters. The fourth-order valence-electron chi connectivity index (χ4n) is 2.32. The van der Waals surface area contributed by atoms with Gasteiger partial charge in [-0.05, 0) is 43.2 Å². The van der Waals surface area contributed by atoms with Crippen LogP contribution in [0.1, 0.15) is 22.7 Å². The summed E-state index contributed by atoms with van der Waals surface area (Å²) >= 11 is 3.29. The molecule has 1 atom stereocenters. The fourth-order valence-corrected chi connectivity index (χ4v) is 4.31. The van der Waals surface area contributed by atoms with Gasteiger partial charge in [0.1, 0.15) is 0 Å². The normalized spacial score (nSPS) is 13.1. The van der Waals surface area contributed by atoms with Gasteiger partial charge in [-0.25, -0.2) is 8.42 Å². The van der Waals surface area contributed by atoms with Crippen molar-refractivity contribution in [2.45, 2.75) is 24.8 Å². The second-order valence-corrected chi connectivity index (χ2v) is 8.16. The van der Waals surface area contributed by atoms with Gasteiger partial charge in [-0.15, -0.1) is 0 Å². The summed E-state index contributed by atoms with van der Waals surface area (Å²) in [4.78, 5) is 0.289. The van der Waals surface area contributed by atoms with Gasteiger partial charge in [-0.2, -0.15) is 0 Å². The zero-order valence-corrected chi connectivity index (χ0v) is 14.4. The Morgan fingerprint density at radius 2 is 1.86 bits per heavy atom. The minimum Gasteiger partial charge on any atom is -0.323 e. The van der Waals surface area contributed by atoms with Crippen molar-refractivity contribution in [3.8, 4) is 0 Å². The Bertz CT molecular complexity index is 757. The first-order valence-corrected chi connectivity index (χ1v) is 9.05. The third kappa shape index (κ3) is 3.93. The SMILES string of the molecule is Cc1ccc(C(N)CS(=O)(=O)c2cccc(Br)c2)c(C)c1. The van der Waals surface area contributed by atoms with Crippen molar-refractivity contribution in [1.29, 1.82) is 0 Å². The fraction of sp³-hybridized carbons (Fsp3) is 0.250. The maximum atomic E-state index is 12.4. The van der Waals surface area contributed by atoms with E-state index in [1.807, 2.05) is 32.0 Å². The van der Waals surface area contributed by atoms with E-state index in [0.717, 1.165) is 21.2 Å². The lowest BCUT2D eigenvalue weighted by molar-refractivity contribution is 0.588. The highest BCUT2D eigenvalue weighted by atomic mass is 79.9. The molecular weight excluding hydrogens is 350 g/mol. The van der Waals surface area contributed by atoms with Crippen LogP contribution in [-0.4, -0.2) is 14.2 Å². The van der Waals surface area contributed by atoms with E-state index in [9.17, 15) is 8.42 Å². The summed E-state index contributed by atoms with van der Waals surface area (Å²) < 4.78 is 25.6. The smallest absolute Gasteiger partial charge is 0.180 e. The minimum atomic E-state index is -3.41. The summed E-state index contributed by atoms with van der Waals surface area (Å²) in [7, 11) is -3.41. The molecule has 2 N–H and O–H groups in total. The predicted octanol–water partition coefficient (Wildman–Crippen LogP) is 3.54. The highest BCUT2D eigenvalue weighted by molar-refractivity contribution is 9.10. The topological polar surface area (TPSA) is 60.2 Å². The monoisotopic (exact) mass is 367 g/mol. The van der Waals surface area contributed by atoms with Gasteiger partial charge < -0.3 is 5.73 Å². The van der Waals surface area contributed by atoms with Crippen LogP contribution >= 0.6 is 15.9 Å². The maximum absolute atomic E-state index is 12.4. The van der Waals surface area contributed by atoms with Crippen LogP contribution in [0.3, 0.4) is 0 Å². The molecule has 5 heteroatoms. The van der Waals surface area contributed by atoms with Crippen LogP contribution in [0.25, 0.3) is 0 Å². The molecule has 2 aromatic rings. The molecule has 21 heavy (non-hydrogen) atoms. The third-order valence-electron chi connectivity index (χ3n) is 3.38. The molecule has 0 heterocycles. The molecule has 0 aromatic heterocycles. The molecule has 3 nitrogen and oxygen atoms in total. The minimum absolute atomic E-state index is 0.104. The van der Waals surface area contributed by atoms with E-state index in [1.165, 1.54) is 0 Å². The van der Waals surface area contributed by atoms with Crippen molar-refractivity contribution in [3.05, 3.63) is 63.6 Å². The van der Waals surface area contributed by atoms with Crippen LogP contribution in [0, 0.1) is 13.8 Å². The molecule has 0 aliphatic rings. The second kappa shape index (κ2) is 6.30. The first-order chi connectivity index (χ1) is 9.79. The zero-order chi connectivity index (χ0) is 15.6. The number of nitrogens with two attached hydrogens (primary N) is 1. The van der Waals surface area contributed by atoms with Crippen LogP contribution in [-0.2, 0) is 9.84 Å². The molecule has 2 rings (SSSR count). The van der Waals surface area contributed by atoms with Crippen molar-refractivity contribution in [2.24, 2.45) is 5.73 Å². The molecule has 0 radical (unpaired) electrons. The van der Waals surface area contributed by atoms with Gasteiger partial charge in [0, 0.05) is 10.5 Å². The van der Waals surface area contributed by atoms with Crippen molar-refractivity contribution >= 4 is 25.8 Å². The average molecular weight is 368 g/mol. The number of sulfone groups is 1. The van der Waals surface area contributed by atoms with Gasteiger partial charge >= 0.3 is 0 Å². The summed E-state index contributed by atoms with van der Waals surface area (Å²) in [6.07, 6.45) is 0. The molecule has 0 amide bonds. The number of rotatable bonds is 4. The molecule has 0 saturated heterocycles. The number of hydrogen-bond acceptors (Lipinski definition) is 3. The van der Waals surface area contributed by atoms with E-state index in [4.69, 9.17) is 5.73 Å². The standard InChI is InChI=1S/C16H18BrNO2S/c1-11-6-7-15(12(2)8-11)16(18)10-21(19,20)14-5-3-4-13(17)9-14/h3-9,16H,10,18H2,1-2H3. The Hall–Kier alpha value is -1.17. The van der Waals surface area contributed by atoms with E-state index in [2.05, 4.69) is 15.9 Å². The van der Waals surface area contributed by atoms with Gasteiger partial charge in [0.15, 0.2) is 9.84 Å². The van der Waals surface area contributed by atoms with Crippen LogP contribution in [0.5, 0.6) is 0 Å². The maximum Gasteiger partial charge on any atom is 0.180 e. The lowest BCUT2D eigenvalue weighted by Gasteiger charge is -2.16. The Morgan fingerprint density at radius 1 is 1.14 bits per heavy atom. The van der Waals surface area contributed by atoms with Crippen LogP contribution < -0.4 is 5.73 Å². The van der Waals surface area contributed by atoms with Crippen molar-refractivity contribution < 1.29 is 8.42 Å². The summed E-state index contributed by atoms with van der Waals surface area (Å²) in [6.45, 7) is 3.95. The lowest BCUT2D eigenvalue weighted by Crippen LogP contribution is -2.22. The Kier molecular flexibility index (Phi) is 4.86. The second-order valence-electron chi connectivity index (χ2n) is 5.21. The summed E-state index contributed by atoms with van der Waals surface area (Å²) in [5.41, 5.74) is 9.15. The molecule has 0 spiro atoms. The molecule has 0 fully saturated rings. The predicted molar refractivity (Wildman–Crippen MR) is 89.0 cm³/mol. The van der Waals surface area contributed by atoms with Gasteiger partial charge in [0.25, 0.3) is 0 Å². The van der Waals surface area contributed by atoms with Crippen LogP contribution in [0.15, 0.2) is 51.8 Å². The zero-order valence-electron chi connectivity index (χ0n) is 12.0.